The second-order valence-corrected chi connectivity index (χ2v) is 7.19. The van der Waals surface area contributed by atoms with Gasteiger partial charge in [0.2, 0.25) is 0 Å². The number of para-hydroxylation sites is 1. The van der Waals surface area contributed by atoms with Gasteiger partial charge in [0.1, 0.15) is 17.2 Å². The number of phenolic OH excluding ortho intramolecular Hbond substituents is 1. The summed E-state index contributed by atoms with van der Waals surface area (Å²) in [5.41, 5.74) is 5.18. The maximum absolute atomic E-state index is 12.2. The largest absolute Gasteiger partial charge is 0.506 e. The van der Waals surface area contributed by atoms with Crippen LogP contribution in [-0.2, 0) is 0 Å². The highest BCUT2D eigenvalue weighted by molar-refractivity contribution is 6.32. The minimum absolute atomic E-state index is 0.0873. The lowest BCUT2D eigenvalue weighted by molar-refractivity contribution is 0.0955. The molecule has 1 aromatic heterocycles. The van der Waals surface area contributed by atoms with Crippen LogP contribution in [0.15, 0.2) is 96.2 Å². The molecule has 7 heteroatoms. The summed E-state index contributed by atoms with van der Waals surface area (Å²) in [5.74, 6) is 0.977. The Morgan fingerprint density at radius 1 is 0.969 bits per heavy atom. The van der Waals surface area contributed by atoms with Crippen molar-refractivity contribution in [1.82, 2.24) is 10.4 Å². The second-order valence-electron chi connectivity index (χ2n) is 6.78. The molecule has 158 valence electrons. The van der Waals surface area contributed by atoms with Crippen LogP contribution in [-0.4, -0.2) is 22.2 Å². The Kier molecular flexibility index (Phi) is 6.43. The van der Waals surface area contributed by atoms with E-state index in [9.17, 15) is 9.90 Å². The molecule has 0 bridgehead atoms. The molecule has 0 atom stereocenters. The molecular weight excluding hydrogens is 426 g/mol. The number of phenols is 1. The molecule has 4 aromatic rings. The Bertz CT molecular complexity index is 1260. The molecule has 0 aliphatic carbocycles. The number of hydrazone groups is 1. The molecule has 1 heterocycles. The Labute approximate surface area is 189 Å². The van der Waals surface area contributed by atoms with Gasteiger partial charge in [-0.3, -0.25) is 9.78 Å². The molecule has 0 saturated carbocycles. The highest BCUT2D eigenvalue weighted by atomic mass is 35.5. The zero-order chi connectivity index (χ0) is 22.3. The van der Waals surface area contributed by atoms with E-state index in [1.165, 1.54) is 24.4 Å². The molecule has 0 fully saturated rings. The number of aromatic nitrogens is 1. The summed E-state index contributed by atoms with van der Waals surface area (Å²) < 4.78 is 5.81. The summed E-state index contributed by atoms with van der Waals surface area (Å²) >= 11 is 5.83. The van der Waals surface area contributed by atoms with E-state index >= 15 is 0 Å². The first-order valence-electron chi connectivity index (χ1n) is 9.70. The molecule has 0 spiro atoms. The van der Waals surface area contributed by atoms with Gasteiger partial charge in [-0.1, -0.05) is 29.8 Å². The molecule has 2 N–H and O–H groups in total. The summed E-state index contributed by atoms with van der Waals surface area (Å²) in [6.07, 6.45) is 3.20. The predicted octanol–water partition coefficient (Wildman–Crippen LogP) is 5.66. The number of rotatable bonds is 6. The predicted molar refractivity (Wildman–Crippen MR) is 124 cm³/mol. The lowest BCUT2D eigenvalue weighted by Gasteiger charge is -2.07. The zero-order valence-electron chi connectivity index (χ0n) is 16.8. The van der Waals surface area contributed by atoms with Crippen molar-refractivity contribution in [1.29, 1.82) is 0 Å². The monoisotopic (exact) mass is 443 g/mol. The topological polar surface area (TPSA) is 83.8 Å². The van der Waals surface area contributed by atoms with Crippen LogP contribution in [0, 0.1) is 0 Å². The minimum Gasteiger partial charge on any atom is -0.506 e. The molecule has 0 radical (unpaired) electrons. The van der Waals surface area contributed by atoms with Crippen molar-refractivity contribution >= 4 is 23.7 Å². The molecule has 32 heavy (non-hydrogen) atoms. The summed E-state index contributed by atoms with van der Waals surface area (Å²) in [4.78, 5) is 16.6. The first-order chi connectivity index (χ1) is 15.6. The van der Waals surface area contributed by atoms with Gasteiger partial charge in [0.15, 0.2) is 0 Å². The van der Waals surface area contributed by atoms with Gasteiger partial charge in [0.05, 0.1) is 16.9 Å². The number of carbonyl (C=O) groups excluding carboxylic acids is 1. The van der Waals surface area contributed by atoms with Crippen LogP contribution >= 0.6 is 11.6 Å². The van der Waals surface area contributed by atoms with Crippen LogP contribution in [0.1, 0.15) is 15.9 Å². The van der Waals surface area contributed by atoms with Crippen molar-refractivity contribution in [3.63, 3.8) is 0 Å². The Morgan fingerprint density at radius 3 is 2.47 bits per heavy atom. The Hall–Kier alpha value is -4.16. The fraction of sp³-hybridized carbons (Fsp3) is 0. The third-order valence-electron chi connectivity index (χ3n) is 4.50. The summed E-state index contributed by atoms with van der Waals surface area (Å²) in [6, 6.07) is 25.0. The maximum atomic E-state index is 12.2. The number of pyridine rings is 1. The molecule has 3 aromatic carbocycles. The number of hydrogen-bond donors (Lipinski definition) is 2. The standard InChI is InChI=1S/C25H18ClN3O3/c26-22-15-19(8-11-24(22)30)25(31)29-28-16-17-12-13-27-23(14-17)18-6-9-21(10-7-18)32-20-4-2-1-3-5-20/h1-16,30H,(H,29,31). The lowest BCUT2D eigenvalue weighted by atomic mass is 10.1. The zero-order valence-corrected chi connectivity index (χ0v) is 17.5. The molecule has 0 saturated heterocycles. The van der Waals surface area contributed by atoms with Crippen molar-refractivity contribution in [2.75, 3.05) is 0 Å². The number of halogens is 1. The van der Waals surface area contributed by atoms with E-state index in [1.807, 2.05) is 60.7 Å². The van der Waals surface area contributed by atoms with Crippen molar-refractivity contribution in [3.05, 3.63) is 107 Å². The third kappa shape index (κ3) is 5.30. The molecule has 6 nitrogen and oxygen atoms in total. The summed E-state index contributed by atoms with van der Waals surface area (Å²) in [7, 11) is 0. The molecule has 0 aliphatic heterocycles. The molecule has 0 unspecified atom stereocenters. The van der Waals surface area contributed by atoms with Gasteiger partial charge < -0.3 is 9.84 Å². The average molecular weight is 444 g/mol. The van der Waals surface area contributed by atoms with Gasteiger partial charge >= 0.3 is 0 Å². The summed E-state index contributed by atoms with van der Waals surface area (Å²) in [6.45, 7) is 0. The van der Waals surface area contributed by atoms with Gasteiger partial charge in [-0.15, -0.1) is 0 Å². The number of carbonyl (C=O) groups is 1. The van der Waals surface area contributed by atoms with Crippen LogP contribution in [0.25, 0.3) is 11.3 Å². The maximum Gasteiger partial charge on any atom is 0.271 e. The van der Waals surface area contributed by atoms with Crippen LogP contribution in [0.2, 0.25) is 5.02 Å². The quantitative estimate of drug-likeness (QED) is 0.297. The Morgan fingerprint density at radius 2 is 1.72 bits per heavy atom. The number of hydrogen-bond acceptors (Lipinski definition) is 5. The van der Waals surface area contributed by atoms with Crippen molar-refractivity contribution in [2.45, 2.75) is 0 Å². The van der Waals surface area contributed by atoms with Crippen LogP contribution in [0.4, 0.5) is 0 Å². The van der Waals surface area contributed by atoms with E-state index in [4.69, 9.17) is 16.3 Å². The fourth-order valence-electron chi connectivity index (χ4n) is 2.88. The number of nitrogens with one attached hydrogen (secondary N) is 1. The van der Waals surface area contributed by atoms with Crippen LogP contribution in [0.5, 0.6) is 17.2 Å². The first kappa shape index (κ1) is 21.1. The van der Waals surface area contributed by atoms with Gasteiger partial charge in [0, 0.05) is 17.3 Å². The number of benzene rings is 3. The molecule has 1 amide bonds. The third-order valence-corrected chi connectivity index (χ3v) is 4.81. The normalized spacial score (nSPS) is 10.8. The van der Waals surface area contributed by atoms with E-state index in [-0.39, 0.29) is 16.3 Å². The lowest BCUT2D eigenvalue weighted by Crippen LogP contribution is -2.17. The van der Waals surface area contributed by atoms with E-state index in [0.29, 0.717) is 0 Å². The van der Waals surface area contributed by atoms with E-state index < -0.39 is 5.91 Å². The fourth-order valence-corrected chi connectivity index (χ4v) is 3.06. The minimum atomic E-state index is -0.438. The SMILES string of the molecule is O=C(NN=Cc1ccnc(-c2ccc(Oc3ccccc3)cc2)c1)c1ccc(O)c(Cl)c1. The number of amides is 1. The summed E-state index contributed by atoms with van der Waals surface area (Å²) in [5, 5.41) is 13.5. The number of nitrogens with zero attached hydrogens (tertiary/aromatic N) is 2. The van der Waals surface area contributed by atoms with Crippen molar-refractivity contribution in [2.24, 2.45) is 5.10 Å². The second kappa shape index (κ2) is 9.76. The van der Waals surface area contributed by atoms with E-state index in [1.54, 1.807) is 12.3 Å². The Balaban J connectivity index is 1.41. The average Bonchev–Trinajstić information content (AvgIpc) is 2.82. The van der Waals surface area contributed by atoms with Crippen LogP contribution < -0.4 is 10.2 Å². The molecule has 0 aliphatic rings. The molecular formula is C25H18ClN3O3. The van der Waals surface area contributed by atoms with Gasteiger partial charge in [-0.2, -0.15) is 5.10 Å². The number of aromatic hydroxyl groups is 1. The molecule has 4 rings (SSSR count). The van der Waals surface area contributed by atoms with Gasteiger partial charge in [-0.25, -0.2) is 5.43 Å². The van der Waals surface area contributed by atoms with Crippen molar-refractivity contribution in [3.8, 4) is 28.5 Å². The smallest absolute Gasteiger partial charge is 0.271 e. The van der Waals surface area contributed by atoms with E-state index in [2.05, 4.69) is 15.5 Å². The van der Waals surface area contributed by atoms with Crippen LogP contribution in [0.3, 0.4) is 0 Å². The first-order valence-corrected chi connectivity index (χ1v) is 10.1. The highest BCUT2D eigenvalue weighted by Crippen LogP contribution is 2.25. The van der Waals surface area contributed by atoms with Gasteiger partial charge in [0.25, 0.3) is 5.91 Å². The highest BCUT2D eigenvalue weighted by Gasteiger charge is 2.07. The van der Waals surface area contributed by atoms with E-state index in [0.717, 1.165) is 28.3 Å². The van der Waals surface area contributed by atoms with Gasteiger partial charge in [-0.05, 0) is 72.3 Å². The van der Waals surface area contributed by atoms with Crippen molar-refractivity contribution < 1.29 is 14.6 Å². The number of ether oxygens (including phenoxy) is 1.